The van der Waals surface area contributed by atoms with Crippen LogP contribution in [-0.2, 0) is 25.6 Å². The lowest BCUT2D eigenvalue weighted by molar-refractivity contribution is -0.697. The molecule has 0 aliphatic heterocycles. The van der Waals surface area contributed by atoms with Gasteiger partial charge in [-0.3, -0.25) is 9.59 Å². The molecule has 0 aromatic carbocycles. The fraction of sp³-hybridized carbons (Fsp3) is 0.710. The van der Waals surface area contributed by atoms with Crippen molar-refractivity contribution in [2.45, 2.75) is 129 Å². The van der Waals surface area contributed by atoms with Crippen molar-refractivity contribution in [1.29, 1.82) is 0 Å². The normalized spacial score (nSPS) is 10.5. The second kappa shape index (κ2) is 25.9. The summed E-state index contributed by atoms with van der Waals surface area (Å²) in [7, 11) is 0. The largest absolute Gasteiger partial charge is 1.00 e. The number of hydrogen-bond donors (Lipinski definition) is 0. The minimum atomic E-state index is -0.221. The van der Waals surface area contributed by atoms with Gasteiger partial charge in [0.05, 0.1) is 0 Å². The molecule has 0 N–H and O–H groups in total. The van der Waals surface area contributed by atoms with Gasteiger partial charge < -0.3 is 26.5 Å². The zero-order chi connectivity index (χ0) is 26.1. The number of halogens is 1. The Morgan fingerprint density at radius 1 is 0.622 bits per heavy atom. The van der Waals surface area contributed by atoms with Crippen LogP contribution in [-0.4, -0.2) is 25.2 Å². The summed E-state index contributed by atoms with van der Waals surface area (Å²) in [6.07, 6.45) is 24.5. The Labute approximate surface area is 237 Å². The second-order valence-electron chi connectivity index (χ2n) is 9.99. The molecule has 0 saturated carbocycles. The van der Waals surface area contributed by atoms with Crippen LogP contribution < -0.4 is 21.5 Å². The van der Waals surface area contributed by atoms with E-state index in [0.717, 1.165) is 38.6 Å². The van der Waals surface area contributed by atoms with Crippen LogP contribution in [0.3, 0.4) is 0 Å². The number of unbranched alkanes of at least 4 members (excludes halogenated alkanes) is 14. The maximum absolute atomic E-state index is 11.9. The molecule has 1 rings (SSSR count). The summed E-state index contributed by atoms with van der Waals surface area (Å²) in [4.78, 5) is 23.8. The van der Waals surface area contributed by atoms with E-state index in [1.54, 1.807) is 0 Å². The lowest BCUT2D eigenvalue weighted by Crippen LogP contribution is -3.00. The molecule has 0 spiro atoms. The van der Waals surface area contributed by atoms with E-state index in [1.165, 1.54) is 70.6 Å². The van der Waals surface area contributed by atoms with Crippen molar-refractivity contribution in [2.75, 3.05) is 13.2 Å². The molecular formula is C31H52BrNO4. The first-order chi connectivity index (χ1) is 17.6. The van der Waals surface area contributed by atoms with Gasteiger partial charge in [-0.25, -0.2) is 4.57 Å². The van der Waals surface area contributed by atoms with Gasteiger partial charge >= 0.3 is 11.9 Å². The van der Waals surface area contributed by atoms with E-state index in [2.05, 4.69) is 18.1 Å². The van der Waals surface area contributed by atoms with E-state index in [-0.39, 0.29) is 42.1 Å². The Morgan fingerprint density at radius 2 is 1.03 bits per heavy atom. The van der Waals surface area contributed by atoms with Crippen molar-refractivity contribution in [3.63, 3.8) is 0 Å². The molecule has 5 nitrogen and oxygen atoms in total. The highest BCUT2D eigenvalue weighted by atomic mass is 79.9. The van der Waals surface area contributed by atoms with Crippen LogP contribution in [0, 0.1) is 0 Å². The number of carbonyl (C=O) groups is 2. The maximum Gasteiger partial charge on any atom is 0.306 e. The highest BCUT2D eigenvalue weighted by molar-refractivity contribution is 5.70. The third-order valence-electron chi connectivity index (χ3n) is 6.43. The standard InChI is InChI=1S/C31H52NO4.BrH/c1-3-4-5-6-7-8-9-10-11-12-13-14-17-22-30(33)35-27-29(2)28-36-31(34)23-18-15-19-24-32-25-20-16-21-26-32;/h16,20-21,25-26H,2-15,17-19,22-24,27-28H2,1H3;1H/q+1;/p-1. The summed E-state index contributed by atoms with van der Waals surface area (Å²) in [6.45, 7) is 7.31. The number of carbonyl (C=O) groups excluding carboxylic acids is 2. The molecule has 6 heteroatoms. The summed E-state index contributed by atoms with van der Waals surface area (Å²) in [5.74, 6) is -0.413. The summed E-state index contributed by atoms with van der Waals surface area (Å²) in [5, 5.41) is 0. The van der Waals surface area contributed by atoms with Gasteiger partial charge in [-0.2, -0.15) is 0 Å². The Bertz CT molecular complexity index is 696. The van der Waals surface area contributed by atoms with Gasteiger partial charge in [0.15, 0.2) is 12.4 Å². The molecule has 0 atom stereocenters. The Kier molecular flexibility index (Phi) is 24.8. The van der Waals surface area contributed by atoms with Crippen LogP contribution in [0.2, 0.25) is 0 Å². The molecule has 1 aromatic heterocycles. The number of pyridine rings is 1. The third-order valence-corrected chi connectivity index (χ3v) is 6.43. The predicted octanol–water partition coefficient (Wildman–Crippen LogP) is 4.66. The van der Waals surface area contributed by atoms with E-state index in [9.17, 15) is 9.59 Å². The van der Waals surface area contributed by atoms with Crippen LogP contribution >= 0.6 is 0 Å². The molecule has 0 aliphatic rings. The summed E-state index contributed by atoms with van der Waals surface area (Å²) in [5.41, 5.74) is 0.613. The summed E-state index contributed by atoms with van der Waals surface area (Å²) < 4.78 is 12.7. The molecule has 212 valence electrons. The van der Waals surface area contributed by atoms with E-state index in [4.69, 9.17) is 9.47 Å². The molecule has 0 fully saturated rings. The van der Waals surface area contributed by atoms with Gasteiger partial charge in [0.2, 0.25) is 0 Å². The molecular weight excluding hydrogens is 530 g/mol. The zero-order valence-corrected chi connectivity index (χ0v) is 25.0. The van der Waals surface area contributed by atoms with Crippen molar-refractivity contribution in [3.05, 3.63) is 42.7 Å². The van der Waals surface area contributed by atoms with Gasteiger partial charge in [-0.1, -0.05) is 96.6 Å². The van der Waals surface area contributed by atoms with Crippen molar-refractivity contribution < 1.29 is 40.6 Å². The van der Waals surface area contributed by atoms with Crippen molar-refractivity contribution >= 4 is 11.9 Å². The first-order valence-corrected chi connectivity index (χ1v) is 14.5. The predicted molar refractivity (Wildman–Crippen MR) is 146 cm³/mol. The van der Waals surface area contributed by atoms with Crippen molar-refractivity contribution in [2.24, 2.45) is 0 Å². The van der Waals surface area contributed by atoms with Gasteiger partial charge in [-0.15, -0.1) is 0 Å². The van der Waals surface area contributed by atoms with Crippen molar-refractivity contribution in [1.82, 2.24) is 0 Å². The second-order valence-corrected chi connectivity index (χ2v) is 9.99. The third kappa shape index (κ3) is 23.2. The number of esters is 2. The molecule has 1 heterocycles. The summed E-state index contributed by atoms with van der Waals surface area (Å²) in [6, 6.07) is 6.03. The van der Waals surface area contributed by atoms with Crippen LogP contribution in [0.5, 0.6) is 0 Å². The number of aromatic nitrogens is 1. The average Bonchev–Trinajstić information content (AvgIpc) is 2.89. The van der Waals surface area contributed by atoms with Crippen LogP contribution in [0.15, 0.2) is 42.7 Å². The number of hydrogen-bond acceptors (Lipinski definition) is 4. The average molecular weight is 583 g/mol. The minimum Gasteiger partial charge on any atom is -1.00 e. The van der Waals surface area contributed by atoms with Gasteiger partial charge in [0.1, 0.15) is 19.8 Å². The molecule has 0 aliphatic carbocycles. The van der Waals surface area contributed by atoms with Gasteiger partial charge in [-0.05, 0) is 24.8 Å². The Hall–Kier alpha value is -1.69. The van der Waals surface area contributed by atoms with Gasteiger partial charge in [0, 0.05) is 31.4 Å². The number of aryl methyl sites for hydroxylation is 1. The first-order valence-electron chi connectivity index (χ1n) is 14.5. The SMILES string of the molecule is C=C(COC(=O)CCCCCCCCCCCCCCC)COC(=O)CCCCC[n+]1ccccc1.[Br-]. The highest BCUT2D eigenvalue weighted by Crippen LogP contribution is 2.13. The summed E-state index contributed by atoms with van der Waals surface area (Å²) >= 11 is 0. The van der Waals surface area contributed by atoms with Gasteiger partial charge in [0.25, 0.3) is 0 Å². The number of ether oxygens (including phenoxy) is 2. The minimum absolute atomic E-state index is 0. The quantitative estimate of drug-likeness (QED) is 0.0770. The van der Waals surface area contributed by atoms with E-state index >= 15 is 0 Å². The molecule has 37 heavy (non-hydrogen) atoms. The van der Waals surface area contributed by atoms with E-state index < -0.39 is 0 Å². The maximum atomic E-state index is 11.9. The molecule has 0 radical (unpaired) electrons. The van der Waals surface area contributed by atoms with Crippen LogP contribution in [0.25, 0.3) is 0 Å². The topological polar surface area (TPSA) is 56.5 Å². The van der Waals surface area contributed by atoms with Crippen LogP contribution in [0.1, 0.15) is 122 Å². The molecule has 0 unspecified atom stereocenters. The smallest absolute Gasteiger partial charge is 0.306 e. The fourth-order valence-electron chi connectivity index (χ4n) is 4.16. The van der Waals surface area contributed by atoms with Crippen molar-refractivity contribution in [3.8, 4) is 0 Å². The van der Waals surface area contributed by atoms with E-state index in [0.29, 0.717) is 18.4 Å². The first kappa shape index (κ1) is 35.3. The zero-order valence-electron chi connectivity index (χ0n) is 23.4. The number of rotatable bonds is 24. The van der Waals surface area contributed by atoms with E-state index in [1.807, 2.05) is 30.6 Å². The number of nitrogens with zero attached hydrogens (tertiary/aromatic N) is 1. The molecule has 0 bridgehead atoms. The molecule has 1 aromatic rings. The monoisotopic (exact) mass is 581 g/mol. The highest BCUT2D eigenvalue weighted by Gasteiger charge is 2.08. The Morgan fingerprint density at radius 3 is 1.49 bits per heavy atom. The lowest BCUT2D eigenvalue weighted by atomic mass is 10.0. The fourth-order valence-corrected chi connectivity index (χ4v) is 4.16. The van der Waals surface area contributed by atoms with Crippen LogP contribution in [0.4, 0.5) is 0 Å². The molecule has 0 amide bonds. The lowest BCUT2D eigenvalue weighted by Gasteiger charge is -2.09. The Balaban J connectivity index is 0.0000130. The molecule has 0 saturated heterocycles.